The summed E-state index contributed by atoms with van der Waals surface area (Å²) in [5.74, 6) is 0. The van der Waals surface area contributed by atoms with Gasteiger partial charge in [0.25, 0.3) is 0 Å². The van der Waals surface area contributed by atoms with Crippen LogP contribution in [0.3, 0.4) is 0 Å². The van der Waals surface area contributed by atoms with Crippen LogP contribution in [0.2, 0.25) is 0 Å². The summed E-state index contributed by atoms with van der Waals surface area (Å²) in [6.45, 7) is 6.81. The molecule has 0 unspecified atom stereocenters. The number of rotatable bonds is 0. The Bertz CT molecular complexity index is 137. The minimum atomic E-state index is 0.266. The Balaban J connectivity index is 2.81. The van der Waals surface area contributed by atoms with Crippen molar-refractivity contribution in [2.45, 2.75) is 53.0 Å². The van der Waals surface area contributed by atoms with Crippen LogP contribution in [0.25, 0.3) is 0 Å². The highest BCUT2D eigenvalue weighted by molar-refractivity contribution is 9.11. The van der Waals surface area contributed by atoms with Crippen LogP contribution in [-0.4, -0.2) is 13.0 Å². The van der Waals surface area contributed by atoms with Crippen LogP contribution in [0.5, 0.6) is 0 Å². The molecule has 1 aliphatic rings. The summed E-state index contributed by atoms with van der Waals surface area (Å²) in [5.41, 5.74) is 0. The zero-order valence-corrected chi connectivity index (χ0v) is 12.5. The quantitative estimate of drug-likeness (QED) is 0.551. The molecule has 0 aromatic rings. The van der Waals surface area contributed by atoms with Crippen LogP contribution in [0, 0.1) is 0 Å². The number of halogens is 3. The van der Waals surface area contributed by atoms with Gasteiger partial charge in [0.1, 0.15) is 0 Å². The predicted octanol–water partition coefficient (Wildman–Crippen LogP) is 4.63. The zero-order valence-electron chi connectivity index (χ0n) is 7.76. The van der Waals surface area contributed by atoms with Gasteiger partial charge in [0.05, 0.1) is 0 Å². The first kappa shape index (κ1) is 11.5. The monoisotopic (exact) mass is 360 g/mol. The average molecular weight is 363 g/mol. The molecular weight excluding hydrogens is 348 g/mol. The Morgan fingerprint density at radius 1 is 0.667 bits per heavy atom. The van der Waals surface area contributed by atoms with E-state index in [-0.39, 0.29) is 13.0 Å². The molecule has 0 saturated heterocycles. The van der Waals surface area contributed by atoms with Gasteiger partial charge in [0, 0.05) is 13.0 Å². The molecule has 0 aromatic heterocycles. The van der Waals surface area contributed by atoms with Gasteiger partial charge in [-0.2, -0.15) is 0 Å². The number of hydrogen-bond acceptors (Lipinski definition) is 0. The molecule has 12 heavy (non-hydrogen) atoms. The van der Waals surface area contributed by atoms with Gasteiger partial charge in [-0.25, -0.2) is 0 Å². The average Bonchev–Trinajstić information content (AvgIpc) is 1.44. The molecule has 72 valence electrons. The fraction of sp³-hybridized carbons (Fsp3) is 1.00. The van der Waals surface area contributed by atoms with E-state index in [2.05, 4.69) is 68.6 Å². The van der Waals surface area contributed by atoms with Crippen molar-refractivity contribution < 1.29 is 0 Å². The maximum Gasteiger partial charge on any atom is 0.0256 e. The van der Waals surface area contributed by atoms with Gasteiger partial charge in [-0.1, -0.05) is 47.8 Å². The topological polar surface area (TPSA) is 0 Å². The van der Waals surface area contributed by atoms with E-state index in [0.717, 1.165) is 0 Å². The Morgan fingerprint density at radius 3 is 1.00 bits per heavy atom. The first-order valence-electron chi connectivity index (χ1n) is 4.19. The molecule has 0 bridgehead atoms. The molecular formula is C9H15Br3. The molecule has 0 amide bonds. The van der Waals surface area contributed by atoms with Gasteiger partial charge < -0.3 is 0 Å². The SMILES string of the molecule is CC1(Br)CC(C)(Br)CC(C)(Br)C1. The largest absolute Gasteiger partial charge is 0.0855 e. The van der Waals surface area contributed by atoms with Crippen LogP contribution in [0.1, 0.15) is 40.0 Å². The minimum Gasteiger partial charge on any atom is -0.0855 e. The van der Waals surface area contributed by atoms with Crippen molar-refractivity contribution in [3.05, 3.63) is 0 Å². The summed E-state index contributed by atoms with van der Waals surface area (Å²) in [7, 11) is 0. The van der Waals surface area contributed by atoms with Crippen molar-refractivity contribution in [2.24, 2.45) is 0 Å². The van der Waals surface area contributed by atoms with Gasteiger partial charge in [-0.05, 0) is 40.0 Å². The Hall–Kier alpha value is 1.44. The maximum absolute atomic E-state index is 3.78. The van der Waals surface area contributed by atoms with Crippen LogP contribution >= 0.6 is 47.8 Å². The van der Waals surface area contributed by atoms with Crippen molar-refractivity contribution in [3.8, 4) is 0 Å². The lowest BCUT2D eigenvalue weighted by Crippen LogP contribution is -2.44. The number of alkyl halides is 3. The van der Waals surface area contributed by atoms with E-state index in [4.69, 9.17) is 0 Å². The normalized spacial score (nSPS) is 55.5. The summed E-state index contributed by atoms with van der Waals surface area (Å²) in [4.78, 5) is 0. The van der Waals surface area contributed by atoms with Gasteiger partial charge in [-0.3, -0.25) is 0 Å². The lowest BCUT2D eigenvalue weighted by molar-refractivity contribution is 0.324. The van der Waals surface area contributed by atoms with E-state index in [1.165, 1.54) is 19.3 Å². The summed E-state index contributed by atoms with van der Waals surface area (Å²) in [5, 5.41) is 0. The smallest absolute Gasteiger partial charge is 0.0256 e. The molecule has 1 rings (SSSR count). The highest BCUT2D eigenvalue weighted by atomic mass is 79.9. The van der Waals surface area contributed by atoms with Crippen LogP contribution < -0.4 is 0 Å². The maximum atomic E-state index is 3.78. The zero-order chi connectivity index (χ0) is 9.62. The van der Waals surface area contributed by atoms with Gasteiger partial charge in [-0.15, -0.1) is 0 Å². The third kappa shape index (κ3) is 3.30. The van der Waals surface area contributed by atoms with Crippen molar-refractivity contribution in [1.82, 2.24) is 0 Å². The number of hydrogen-bond donors (Lipinski definition) is 0. The predicted molar refractivity (Wildman–Crippen MR) is 65.8 cm³/mol. The standard InChI is InChI=1S/C9H15Br3/c1-7(10)4-8(2,11)6-9(3,12)5-7/h4-6H2,1-3H3. The summed E-state index contributed by atoms with van der Waals surface area (Å²) in [6.07, 6.45) is 3.55. The van der Waals surface area contributed by atoms with E-state index < -0.39 is 0 Å². The second-order valence-electron chi connectivity index (χ2n) is 4.77. The van der Waals surface area contributed by atoms with Gasteiger partial charge in [0.15, 0.2) is 0 Å². The summed E-state index contributed by atoms with van der Waals surface area (Å²) < 4.78 is 0.797. The second-order valence-corrected chi connectivity index (χ2v) is 10.5. The molecule has 0 atom stereocenters. The lowest BCUT2D eigenvalue weighted by Gasteiger charge is -2.45. The summed E-state index contributed by atoms with van der Waals surface area (Å²) >= 11 is 11.4. The highest BCUT2D eigenvalue weighted by Crippen LogP contribution is 2.52. The molecule has 0 aromatic carbocycles. The van der Waals surface area contributed by atoms with Crippen molar-refractivity contribution in [2.75, 3.05) is 0 Å². The van der Waals surface area contributed by atoms with E-state index in [1.807, 2.05) is 0 Å². The van der Waals surface area contributed by atoms with E-state index in [1.54, 1.807) is 0 Å². The molecule has 0 radical (unpaired) electrons. The van der Waals surface area contributed by atoms with Crippen LogP contribution in [-0.2, 0) is 0 Å². The summed E-state index contributed by atoms with van der Waals surface area (Å²) in [6, 6.07) is 0. The molecule has 0 aliphatic heterocycles. The first-order chi connectivity index (χ1) is 5.12. The first-order valence-corrected chi connectivity index (χ1v) is 6.57. The van der Waals surface area contributed by atoms with Gasteiger partial charge in [0.2, 0.25) is 0 Å². The Labute approximate surface area is 100 Å². The fourth-order valence-electron chi connectivity index (χ4n) is 2.49. The highest BCUT2D eigenvalue weighted by Gasteiger charge is 2.45. The Morgan fingerprint density at radius 2 is 0.833 bits per heavy atom. The molecule has 0 N–H and O–H groups in total. The van der Waals surface area contributed by atoms with E-state index in [0.29, 0.717) is 0 Å². The van der Waals surface area contributed by atoms with Crippen molar-refractivity contribution in [1.29, 1.82) is 0 Å². The van der Waals surface area contributed by atoms with Crippen LogP contribution in [0.4, 0.5) is 0 Å². The van der Waals surface area contributed by atoms with E-state index in [9.17, 15) is 0 Å². The molecule has 1 fully saturated rings. The molecule has 0 heterocycles. The second kappa shape index (κ2) is 3.23. The molecule has 3 heteroatoms. The molecule has 1 aliphatic carbocycles. The lowest BCUT2D eigenvalue weighted by atomic mass is 9.77. The minimum absolute atomic E-state index is 0.266. The molecule has 0 nitrogen and oxygen atoms in total. The van der Waals surface area contributed by atoms with Gasteiger partial charge >= 0.3 is 0 Å². The van der Waals surface area contributed by atoms with E-state index >= 15 is 0 Å². The molecule has 1 saturated carbocycles. The van der Waals surface area contributed by atoms with Crippen molar-refractivity contribution in [3.63, 3.8) is 0 Å². The van der Waals surface area contributed by atoms with Crippen LogP contribution in [0.15, 0.2) is 0 Å². The fourth-order valence-corrected chi connectivity index (χ4v) is 7.33. The Kier molecular flexibility index (Phi) is 3.10. The molecule has 0 spiro atoms. The third-order valence-corrected chi connectivity index (χ3v) is 3.89. The third-order valence-electron chi connectivity index (χ3n) is 2.21. The van der Waals surface area contributed by atoms with Crippen molar-refractivity contribution >= 4 is 47.8 Å².